The highest BCUT2D eigenvalue weighted by Gasteiger charge is 2.40. The molecule has 4 heteroatoms. The molecule has 2 atom stereocenters. The molecule has 1 aromatic carbocycles. The van der Waals surface area contributed by atoms with E-state index >= 15 is 0 Å². The Hall–Kier alpha value is -1.55. The van der Waals surface area contributed by atoms with Crippen molar-refractivity contribution in [3.63, 3.8) is 0 Å². The molecule has 3 rings (SSSR count). The maximum Gasteiger partial charge on any atom is 0.226 e. The molecule has 21 heavy (non-hydrogen) atoms. The van der Waals surface area contributed by atoms with Crippen LogP contribution >= 0.6 is 15.9 Å². The fourth-order valence-electron chi connectivity index (χ4n) is 2.49. The molecule has 0 saturated heterocycles. The summed E-state index contributed by atoms with van der Waals surface area (Å²) in [6.07, 6.45) is 1.02. The minimum atomic E-state index is 0.218. The molecular weight excluding hydrogens is 330 g/mol. The summed E-state index contributed by atoms with van der Waals surface area (Å²) < 4.78 is 6.89. The first-order chi connectivity index (χ1) is 10.0. The topological polar surface area (TPSA) is 33.5 Å². The van der Waals surface area contributed by atoms with Gasteiger partial charge in [0, 0.05) is 23.0 Å². The number of hydrogen-bond donors (Lipinski definition) is 0. The minimum Gasteiger partial charge on any atom is -0.459 e. The van der Waals surface area contributed by atoms with E-state index in [1.807, 2.05) is 43.4 Å². The Bertz CT molecular complexity index is 647. The van der Waals surface area contributed by atoms with Gasteiger partial charge in [0.1, 0.15) is 11.5 Å². The second kappa shape index (κ2) is 5.68. The van der Waals surface area contributed by atoms with Crippen LogP contribution in [-0.4, -0.2) is 17.9 Å². The third kappa shape index (κ3) is 3.21. The molecule has 0 spiro atoms. The first kappa shape index (κ1) is 14.4. The van der Waals surface area contributed by atoms with Crippen molar-refractivity contribution in [2.45, 2.75) is 19.9 Å². The van der Waals surface area contributed by atoms with Crippen LogP contribution in [0.5, 0.6) is 0 Å². The van der Waals surface area contributed by atoms with Gasteiger partial charge in [-0.05, 0) is 36.6 Å². The molecule has 1 heterocycles. The van der Waals surface area contributed by atoms with Crippen LogP contribution in [0.3, 0.4) is 0 Å². The van der Waals surface area contributed by atoms with Crippen LogP contribution in [0.2, 0.25) is 0 Å². The van der Waals surface area contributed by atoms with Crippen molar-refractivity contribution in [3.05, 3.63) is 46.6 Å². The van der Waals surface area contributed by atoms with E-state index in [9.17, 15) is 4.79 Å². The predicted molar refractivity (Wildman–Crippen MR) is 85.6 cm³/mol. The van der Waals surface area contributed by atoms with Gasteiger partial charge in [-0.1, -0.05) is 35.0 Å². The van der Waals surface area contributed by atoms with Crippen LogP contribution in [0.15, 0.2) is 45.3 Å². The number of nitrogens with zero attached hydrogens (tertiary/aromatic N) is 1. The van der Waals surface area contributed by atoms with Gasteiger partial charge in [-0.2, -0.15) is 0 Å². The molecule has 2 aromatic rings. The minimum absolute atomic E-state index is 0.218. The summed E-state index contributed by atoms with van der Waals surface area (Å²) >= 11 is 3.42. The fourth-order valence-corrected chi connectivity index (χ4v) is 2.76. The molecule has 1 amide bonds. The number of carbonyl (C=O) groups is 1. The van der Waals surface area contributed by atoms with E-state index in [4.69, 9.17) is 4.42 Å². The summed E-state index contributed by atoms with van der Waals surface area (Å²) in [6, 6.07) is 11.9. The molecule has 2 unspecified atom stereocenters. The van der Waals surface area contributed by atoms with E-state index < -0.39 is 0 Å². The Balaban J connectivity index is 1.67. The van der Waals surface area contributed by atoms with Gasteiger partial charge in [0.25, 0.3) is 0 Å². The Morgan fingerprint density at radius 1 is 1.29 bits per heavy atom. The van der Waals surface area contributed by atoms with Crippen LogP contribution in [0, 0.1) is 11.8 Å². The number of carbonyl (C=O) groups excluding carboxylic acids is 1. The summed E-state index contributed by atoms with van der Waals surface area (Å²) in [5, 5.41) is 0. The highest BCUT2D eigenvalue weighted by Crippen LogP contribution is 2.39. The SMILES string of the molecule is CC1CC1C(=O)N(C)Cc1ccc(-c2ccc(Br)cc2)o1. The van der Waals surface area contributed by atoms with Gasteiger partial charge in [-0.3, -0.25) is 4.79 Å². The van der Waals surface area contributed by atoms with Crippen molar-refractivity contribution in [3.8, 4) is 11.3 Å². The van der Waals surface area contributed by atoms with Gasteiger partial charge in [0.15, 0.2) is 0 Å². The van der Waals surface area contributed by atoms with Crippen molar-refractivity contribution >= 4 is 21.8 Å². The Morgan fingerprint density at radius 2 is 1.95 bits per heavy atom. The van der Waals surface area contributed by atoms with Crippen LogP contribution in [0.1, 0.15) is 19.1 Å². The molecule has 1 aliphatic carbocycles. The molecule has 1 saturated carbocycles. The molecule has 0 bridgehead atoms. The Kier molecular flexibility index (Phi) is 3.89. The van der Waals surface area contributed by atoms with E-state index in [1.165, 1.54) is 0 Å². The fraction of sp³-hybridized carbons (Fsp3) is 0.353. The largest absolute Gasteiger partial charge is 0.459 e. The smallest absolute Gasteiger partial charge is 0.226 e. The summed E-state index contributed by atoms with van der Waals surface area (Å²) in [4.78, 5) is 13.9. The zero-order valence-corrected chi connectivity index (χ0v) is 13.8. The summed E-state index contributed by atoms with van der Waals surface area (Å²) in [6.45, 7) is 2.65. The second-order valence-electron chi connectivity index (χ2n) is 5.79. The lowest BCUT2D eigenvalue weighted by atomic mass is 10.2. The van der Waals surface area contributed by atoms with Crippen LogP contribution in [0.25, 0.3) is 11.3 Å². The number of benzene rings is 1. The van der Waals surface area contributed by atoms with Crippen LogP contribution in [0.4, 0.5) is 0 Å². The van der Waals surface area contributed by atoms with Crippen molar-refractivity contribution in [2.75, 3.05) is 7.05 Å². The van der Waals surface area contributed by atoms with E-state index in [0.29, 0.717) is 12.5 Å². The van der Waals surface area contributed by atoms with E-state index in [1.54, 1.807) is 4.90 Å². The Labute approximate surface area is 133 Å². The first-order valence-electron chi connectivity index (χ1n) is 7.14. The quantitative estimate of drug-likeness (QED) is 0.824. The molecule has 1 aromatic heterocycles. The van der Waals surface area contributed by atoms with Gasteiger partial charge in [0.2, 0.25) is 5.91 Å². The Morgan fingerprint density at radius 3 is 2.57 bits per heavy atom. The predicted octanol–water partition coefficient (Wildman–Crippen LogP) is 4.32. The maximum absolute atomic E-state index is 12.1. The molecule has 0 aliphatic heterocycles. The summed E-state index contributed by atoms with van der Waals surface area (Å²) in [7, 11) is 1.84. The lowest BCUT2D eigenvalue weighted by Gasteiger charge is -2.15. The third-order valence-electron chi connectivity index (χ3n) is 3.99. The number of furan rings is 1. The highest BCUT2D eigenvalue weighted by molar-refractivity contribution is 9.10. The standard InChI is InChI=1S/C17H18BrNO2/c1-11-9-15(11)17(20)19(2)10-14-7-8-16(21-14)12-3-5-13(18)6-4-12/h3-8,11,15H,9-10H2,1-2H3. The highest BCUT2D eigenvalue weighted by atomic mass is 79.9. The van der Waals surface area contributed by atoms with Gasteiger partial charge in [-0.25, -0.2) is 0 Å². The average Bonchev–Trinajstić information content (AvgIpc) is 3.01. The number of hydrogen-bond acceptors (Lipinski definition) is 2. The average molecular weight is 348 g/mol. The number of rotatable bonds is 4. The zero-order valence-electron chi connectivity index (χ0n) is 12.2. The number of amides is 1. The van der Waals surface area contributed by atoms with E-state index in [2.05, 4.69) is 22.9 Å². The van der Waals surface area contributed by atoms with Gasteiger partial charge < -0.3 is 9.32 Å². The number of halogens is 1. The van der Waals surface area contributed by atoms with Gasteiger partial charge in [-0.15, -0.1) is 0 Å². The molecule has 110 valence electrons. The van der Waals surface area contributed by atoms with Crippen LogP contribution < -0.4 is 0 Å². The van der Waals surface area contributed by atoms with E-state index in [0.717, 1.165) is 28.0 Å². The van der Waals surface area contributed by atoms with Crippen LogP contribution in [-0.2, 0) is 11.3 Å². The molecule has 0 N–H and O–H groups in total. The van der Waals surface area contributed by atoms with E-state index in [-0.39, 0.29) is 11.8 Å². The van der Waals surface area contributed by atoms with Gasteiger partial charge >= 0.3 is 0 Å². The molecular formula is C17H18BrNO2. The van der Waals surface area contributed by atoms with Gasteiger partial charge in [0.05, 0.1) is 6.54 Å². The molecule has 0 radical (unpaired) electrons. The van der Waals surface area contributed by atoms with Crippen molar-refractivity contribution in [1.82, 2.24) is 4.90 Å². The normalized spacial score (nSPS) is 20.3. The monoisotopic (exact) mass is 347 g/mol. The summed E-state index contributed by atoms with van der Waals surface area (Å²) in [5.74, 6) is 2.63. The lowest BCUT2D eigenvalue weighted by Crippen LogP contribution is -2.27. The molecule has 1 fully saturated rings. The third-order valence-corrected chi connectivity index (χ3v) is 4.51. The first-order valence-corrected chi connectivity index (χ1v) is 7.93. The maximum atomic E-state index is 12.1. The van der Waals surface area contributed by atoms with Crippen molar-refractivity contribution in [2.24, 2.45) is 11.8 Å². The van der Waals surface area contributed by atoms with Crippen molar-refractivity contribution < 1.29 is 9.21 Å². The zero-order chi connectivity index (χ0) is 15.0. The molecule has 3 nitrogen and oxygen atoms in total. The van der Waals surface area contributed by atoms with Crippen molar-refractivity contribution in [1.29, 1.82) is 0 Å². The lowest BCUT2D eigenvalue weighted by molar-refractivity contribution is -0.132. The summed E-state index contributed by atoms with van der Waals surface area (Å²) in [5.41, 5.74) is 1.04. The molecule has 1 aliphatic rings. The second-order valence-corrected chi connectivity index (χ2v) is 6.70.